The summed E-state index contributed by atoms with van der Waals surface area (Å²) in [5, 5.41) is 4.93. The molecule has 0 spiro atoms. The minimum atomic E-state index is -3.09. The fraction of sp³-hybridized carbons (Fsp3) is 0.105. The Morgan fingerprint density at radius 3 is 2.36 bits per heavy atom. The fourth-order valence-electron chi connectivity index (χ4n) is 2.49. The second-order valence-corrected chi connectivity index (χ2v) is 8.83. The molecule has 0 saturated heterocycles. The lowest BCUT2D eigenvalue weighted by atomic mass is 10.1. The quantitative estimate of drug-likeness (QED) is 0.731. The van der Waals surface area contributed by atoms with Gasteiger partial charge in [0.25, 0.3) is 5.91 Å². The summed E-state index contributed by atoms with van der Waals surface area (Å²) < 4.78 is 22.7. The number of carbonyl (C=O) groups excluding carboxylic acids is 1. The van der Waals surface area contributed by atoms with E-state index < -0.39 is 9.84 Å². The second kappa shape index (κ2) is 7.21. The van der Waals surface area contributed by atoms with E-state index in [2.05, 4.69) is 5.32 Å². The SMILES string of the molecule is CS(=O)(=O)Cc1ccc(C(=O)Nc2ccccc2-c2cccs2)cc1. The van der Waals surface area contributed by atoms with Crippen LogP contribution in [-0.2, 0) is 15.6 Å². The number of benzene rings is 2. The van der Waals surface area contributed by atoms with Crippen LogP contribution in [-0.4, -0.2) is 20.6 Å². The van der Waals surface area contributed by atoms with E-state index in [1.54, 1.807) is 35.6 Å². The highest BCUT2D eigenvalue weighted by Gasteiger charge is 2.11. The van der Waals surface area contributed by atoms with Crippen LogP contribution in [0.2, 0.25) is 0 Å². The van der Waals surface area contributed by atoms with E-state index in [9.17, 15) is 13.2 Å². The summed E-state index contributed by atoms with van der Waals surface area (Å²) in [6.07, 6.45) is 1.19. The Bertz CT molecular complexity index is 976. The second-order valence-electron chi connectivity index (χ2n) is 5.74. The first-order chi connectivity index (χ1) is 11.9. The third kappa shape index (κ3) is 4.55. The summed E-state index contributed by atoms with van der Waals surface area (Å²) in [7, 11) is -3.09. The fourth-order valence-corrected chi connectivity index (χ4v) is 4.05. The van der Waals surface area contributed by atoms with Crippen LogP contribution in [0.3, 0.4) is 0 Å². The van der Waals surface area contributed by atoms with Gasteiger partial charge in [-0.25, -0.2) is 8.42 Å². The molecule has 3 rings (SSSR count). The van der Waals surface area contributed by atoms with Crippen LogP contribution in [0.1, 0.15) is 15.9 Å². The largest absolute Gasteiger partial charge is 0.321 e. The van der Waals surface area contributed by atoms with E-state index in [4.69, 9.17) is 0 Å². The van der Waals surface area contributed by atoms with Crippen LogP contribution < -0.4 is 5.32 Å². The first kappa shape index (κ1) is 17.4. The maximum Gasteiger partial charge on any atom is 0.255 e. The molecule has 6 heteroatoms. The van der Waals surface area contributed by atoms with E-state index >= 15 is 0 Å². The molecule has 1 heterocycles. The van der Waals surface area contributed by atoms with Crippen molar-refractivity contribution in [3.63, 3.8) is 0 Å². The summed E-state index contributed by atoms with van der Waals surface area (Å²) in [6.45, 7) is 0. The lowest BCUT2D eigenvalue weighted by Gasteiger charge is -2.10. The van der Waals surface area contributed by atoms with Crippen molar-refractivity contribution in [1.29, 1.82) is 0 Å². The summed E-state index contributed by atoms with van der Waals surface area (Å²) in [5.74, 6) is -0.259. The van der Waals surface area contributed by atoms with E-state index in [0.29, 0.717) is 11.1 Å². The average molecular weight is 371 g/mol. The van der Waals surface area contributed by atoms with Gasteiger partial charge in [0.05, 0.1) is 5.75 Å². The zero-order valence-corrected chi connectivity index (χ0v) is 15.2. The van der Waals surface area contributed by atoms with Gasteiger partial charge in [-0.05, 0) is 35.2 Å². The molecule has 2 aromatic carbocycles. The van der Waals surface area contributed by atoms with Gasteiger partial charge in [-0.2, -0.15) is 0 Å². The van der Waals surface area contributed by atoms with Crippen LogP contribution in [0.15, 0.2) is 66.0 Å². The van der Waals surface area contributed by atoms with Gasteiger partial charge in [0.1, 0.15) is 0 Å². The zero-order chi connectivity index (χ0) is 17.9. The van der Waals surface area contributed by atoms with Crippen molar-refractivity contribution < 1.29 is 13.2 Å². The molecule has 0 aliphatic heterocycles. The molecule has 25 heavy (non-hydrogen) atoms. The maximum absolute atomic E-state index is 12.5. The Kier molecular flexibility index (Phi) is 5.01. The molecule has 1 N–H and O–H groups in total. The molecule has 1 amide bonds. The molecule has 0 aliphatic carbocycles. The van der Waals surface area contributed by atoms with Crippen LogP contribution in [0, 0.1) is 0 Å². The highest BCUT2D eigenvalue weighted by atomic mass is 32.2. The van der Waals surface area contributed by atoms with E-state index in [1.807, 2.05) is 41.8 Å². The topological polar surface area (TPSA) is 63.2 Å². The van der Waals surface area contributed by atoms with Gasteiger partial charge < -0.3 is 5.32 Å². The molecule has 128 valence electrons. The van der Waals surface area contributed by atoms with E-state index in [-0.39, 0.29) is 11.7 Å². The van der Waals surface area contributed by atoms with Crippen LogP contribution in [0.4, 0.5) is 5.69 Å². The van der Waals surface area contributed by atoms with Crippen molar-refractivity contribution >= 4 is 32.8 Å². The molecule has 0 fully saturated rings. The van der Waals surface area contributed by atoms with Crippen molar-refractivity contribution in [2.75, 3.05) is 11.6 Å². The molecule has 0 saturated carbocycles. The Morgan fingerprint density at radius 2 is 1.72 bits per heavy atom. The monoisotopic (exact) mass is 371 g/mol. The van der Waals surface area contributed by atoms with Crippen molar-refractivity contribution in [3.05, 3.63) is 77.2 Å². The number of carbonyl (C=O) groups is 1. The minimum absolute atomic E-state index is 0.0316. The number of rotatable bonds is 5. The number of para-hydroxylation sites is 1. The molecular weight excluding hydrogens is 354 g/mol. The van der Waals surface area contributed by atoms with Gasteiger partial charge in [0, 0.05) is 27.9 Å². The molecule has 1 aromatic heterocycles. The Hall–Kier alpha value is -2.44. The van der Waals surface area contributed by atoms with Gasteiger partial charge in [-0.1, -0.05) is 36.4 Å². The van der Waals surface area contributed by atoms with Gasteiger partial charge in [-0.15, -0.1) is 11.3 Å². The normalized spacial score (nSPS) is 11.2. The highest BCUT2D eigenvalue weighted by molar-refractivity contribution is 7.89. The van der Waals surface area contributed by atoms with Gasteiger partial charge in [0.2, 0.25) is 0 Å². The van der Waals surface area contributed by atoms with Crippen molar-refractivity contribution in [1.82, 2.24) is 0 Å². The summed E-state index contributed by atoms with van der Waals surface area (Å²) >= 11 is 1.61. The molecular formula is C19H17NO3S2. The third-order valence-electron chi connectivity index (χ3n) is 3.61. The Balaban J connectivity index is 1.79. The van der Waals surface area contributed by atoms with Crippen LogP contribution in [0.25, 0.3) is 10.4 Å². The average Bonchev–Trinajstić information content (AvgIpc) is 3.09. The van der Waals surface area contributed by atoms with Crippen molar-refractivity contribution in [3.8, 4) is 10.4 Å². The third-order valence-corrected chi connectivity index (χ3v) is 5.37. The Labute approximate surface area is 151 Å². The molecule has 0 unspecified atom stereocenters. The Morgan fingerprint density at radius 1 is 1.00 bits per heavy atom. The van der Waals surface area contributed by atoms with Crippen LogP contribution >= 0.6 is 11.3 Å². The maximum atomic E-state index is 12.5. The number of amides is 1. The molecule has 0 radical (unpaired) electrons. The number of hydrogen-bond acceptors (Lipinski definition) is 4. The number of hydrogen-bond donors (Lipinski definition) is 1. The molecule has 0 bridgehead atoms. The zero-order valence-electron chi connectivity index (χ0n) is 13.6. The minimum Gasteiger partial charge on any atom is -0.321 e. The molecule has 0 atom stereocenters. The predicted molar refractivity (Wildman–Crippen MR) is 103 cm³/mol. The van der Waals surface area contributed by atoms with Gasteiger partial charge in [0.15, 0.2) is 9.84 Å². The number of anilines is 1. The number of sulfone groups is 1. The highest BCUT2D eigenvalue weighted by Crippen LogP contribution is 2.31. The smallest absolute Gasteiger partial charge is 0.255 e. The number of nitrogens with one attached hydrogen (secondary N) is 1. The lowest BCUT2D eigenvalue weighted by molar-refractivity contribution is 0.102. The molecule has 0 aliphatic rings. The van der Waals surface area contributed by atoms with Crippen molar-refractivity contribution in [2.24, 2.45) is 0 Å². The first-order valence-electron chi connectivity index (χ1n) is 7.63. The van der Waals surface area contributed by atoms with E-state index in [0.717, 1.165) is 16.1 Å². The van der Waals surface area contributed by atoms with Crippen LogP contribution in [0.5, 0.6) is 0 Å². The standard InChI is InChI=1S/C19H17NO3S2/c1-25(22,23)13-14-8-10-15(11-9-14)19(21)20-17-6-3-2-5-16(17)18-7-4-12-24-18/h2-12H,13H2,1H3,(H,20,21). The van der Waals surface area contributed by atoms with Crippen molar-refractivity contribution in [2.45, 2.75) is 5.75 Å². The van der Waals surface area contributed by atoms with Gasteiger partial charge in [-0.3, -0.25) is 4.79 Å². The molecule has 4 nitrogen and oxygen atoms in total. The number of thiophene rings is 1. The first-order valence-corrected chi connectivity index (χ1v) is 10.6. The van der Waals surface area contributed by atoms with Gasteiger partial charge >= 0.3 is 0 Å². The van der Waals surface area contributed by atoms with E-state index in [1.165, 1.54) is 6.26 Å². The summed E-state index contributed by atoms with van der Waals surface area (Å²) in [6, 6.07) is 18.2. The molecule has 3 aromatic rings. The summed E-state index contributed by atoms with van der Waals surface area (Å²) in [5.41, 5.74) is 2.87. The summed E-state index contributed by atoms with van der Waals surface area (Å²) in [4.78, 5) is 13.6. The lowest BCUT2D eigenvalue weighted by Crippen LogP contribution is -2.12. The predicted octanol–water partition coefficient (Wildman–Crippen LogP) is 4.21.